The highest BCUT2D eigenvalue weighted by Gasteiger charge is 2.18. The molecule has 0 radical (unpaired) electrons. The molecule has 2 aromatic carbocycles. The first-order chi connectivity index (χ1) is 11.7. The van der Waals surface area contributed by atoms with Gasteiger partial charge in [-0.3, -0.25) is 4.98 Å². The van der Waals surface area contributed by atoms with Crippen LogP contribution in [0, 0.1) is 0 Å². The van der Waals surface area contributed by atoms with Crippen molar-refractivity contribution in [2.45, 2.75) is 19.4 Å². The van der Waals surface area contributed by atoms with Gasteiger partial charge in [0.15, 0.2) is 11.5 Å². The molecule has 1 N–H and O–H groups in total. The Balaban J connectivity index is 2.25. The van der Waals surface area contributed by atoms with Crippen LogP contribution < -0.4 is 9.47 Å². The van der Waals surface area contributed by atoms with Gasteiger partial charge in [-0.25, -0.2) is 0 Å². The molecule has 1 aromatic heterocycles. The van der Waals surface area contributed by atoms with E-state index in [1.165, 1.54) is 0 Å². The molecule has 1 atom stereocenters. The number of aliphatic hydroxyl groups is 1. The molecule has 4 nitrogen and oxygen atoms in total. The first-order valence-electron chi connectivity index (χ1n) is 7.96. The minimum absolute atomic E-state index is 0.623. The molecule has 0 aliphatic heterocycles. The van der Waals surface area contributed by atoms with Crippen molar-refractivity contribution in [3.8, 4) is 11.5 Å². The standard InChI is InChI=1S/C20H21NO3/c1-4-15-10-14-11-17(23-2)18(24-3)12-16(14)19(21-15)20(22)13-8-6-5-7-9-13/h5-12,20,22H,4H2,1-3H3. The number of hydrogen-bond acceptors (Lipinski definition) is 4. The lowest BCUT2D eigenvalue weighted by Crippen LogP contribution is -2.06. The van der Waals surface area contributed by atoms with Gasteiger partial charge in [-0.2, -0.15) is 0 Å². The lowest BCUT2D eigenvalue weighted by molar-refractivity contribution is 0.217. The van der Waals surface area contributed by atoms with E-state index in [-0.39, 0.29) is 0 Å². The minimum atomic E-state index is -0.793. The lowest BCUT2D eigenvalue weighted by atomic mass is 9.99. The zero-order valence-electron chi connectivity index (χ0n) is 14.1. The fraction of sp³-hybridized carbons (Fsp3) is 0.250. The van der Waals surface area contributed by atoms with Gasteiger partial charge in [0.05, 0.1) is 19.9 Å². The number of methoxy groups -OCH3 is 2. The maximum atomic E-state index is 10.9. The summed E-state index contributed by atoms with van der Waals surface area (Å²) in [5.41, 5.74) is 2.38. The molecule has 0 spiro atoms. The normalized spacial score (nSPS) is 12.2. The van der Waals surface area contributed by atoms with Crippen LogP contribution in [0.25, 0.3) is 10.8 Å². The highest BCUT2D eigenvalue weighted by Crippen LogP contribution is 2.36. The van der Waals surface area contributed by atoms with Gasteiger partial charge in [-0.15, -0.1) is 0 Å². The Morgan fingerprint density at radius 1 is 1.00 bits per heavy atom. The first kappa shape index (κ1) is 16.3. The smallest absolute Gasteiger partial charge is 0.161 e. The van der Waals surface area contributed by atoms with E-state index < -0.39 is 6.10 Å². The summed E-state index contributed by atoms with van der Waals surface area (Å²) in [6.07, 6.45) is -0.00277. The molecule has 4 heteroatoms. The summed E-state index contributed by atoms with van der Waals surface area (Å²) in [5.74, 6) is 1.29. The van der Waals surface area contributed by atoms with Crippen LogP contribution in [0.2, 0.25) is 0 Å². The summed E-state index contributed by atoms with van der Waals surface area (Å²) in [6, 6.07) is 15.4. The Hall–Kier alpha value is -2.59. The summed E-state index contributed by atoms with van der Waals surface area (Å²) in [7, 11) is 3.22. The van der Waals surface area contributed by atoms with Crippen molar-refractivity contribution in [3.05, 3.63) is 65.5 Å². The van der Waals surface area contributed by atoms with Crippen LogP contribution in [0.5, 0.6) is 11.5 Å². The lowest BCUT2D eigenvalue weighted by Gasteiger charge is -2.17. The summed E-state index contributed by atoms with van der Waals surface area (Å²) < 4.78 is 10.8. The van der Waals surface area contributed by atoms with Crippen molar-refractivity contribution in [1.29, 1.82) is 0 Å². The number of fused-ring (bicyclic) bond motifs is 1. The second-order valence-corrected chi connectivity index (χ2v) is 5.59. The number of nitrogens with zero attached hydrogens (tertiary/aromatic N) is 1. The van der Waals surface area contributed by atoms with Crippen LogP contribution in [0.15, 0.2) is 48.5 Å². The topological polar surface area (TPSA) is 51.6 Å². The predicted molar refractivity (Wildman–Crippen MR) is 94.7 cm³/mol. The van der Waals surface area contributed by atoms with Crippen LogP contribution in [-0.4, -0.2) is 24.3 Å². The molecule has 0 saturated heterocycles. The second kappa shape index (κ2) is 6.89. The predicted octanol–water partition coefficient (Wildman–Crippen LogP) is 3.90. The Morgan fingerprint density at radius 2 is 1.67 bits per heavy atom. The van der Waals surface area contributed by atoms with Gasteiger partial charge in [0.1, 0.15) is 6.10 Å². The first-order valence-corrected chi connectivity index (χ1v) is 7.96. The molecule has 24 heavy (non-hydrogen) atoms. The van der Waals surface area contributed by atoms with Crippen molar-refractivity contribution < 1.29 is 14.6 Å². The molecule has 0 fully saturated rings. The summed E-state index contributed by atoms with van der Waals surface area (Å²) >= 11 is 0. The molecule has 0 saturated carbocycles. The van der Waals surface area contributed by atoms with Crippen LogP contribution in [0.3, 0.4) is 0 Å². The molecule has 0 bridgehead atoms. The van der Waals surface area contributed by atoms with Gasteiger partial charge in [-0.1, -0.05) is 37.3 Å². The zero-order valence-corrected chi connectivity index (χ0v) is 14.1. The van der Waals surface area contributed by atoms with Crippen molar-refractivity contribution in [2.75, 3.05) is 14.2 Å². The zero-order chi connectivity index (χ0) is 17.1. The van der Waals surface area contributed by atoms with Crippen LogP contribution in [-0.2, 0) is 6.42 Å². The SMILES string of the molecule is CCc1cc2cc(OC)c(OC)cc2c(C(O)c2ccccc2)n1. The van der Waals surface area contributed by atoms with Crippen molar-refractivity contribution in [1.82, 2.24) is 4.98 Å². The van der Waals surface area contributed by atoms with Gasteiger partial charge in [0, 0.05) is 11.1 Å². The van der Waals surface area contributed by atoms with E-state index in [4.69, 9.17) is 9.47 Å². The highest BCUT2D eigenvalue weighted by molar-refractivity contribution is 5.89. The number of rotatable bonds is 5. The minimum Gasteiger partial charge on any atom is -0.493 e. The van der Waals surface area contributed by atoms with Crippen LogP contribution >= 0.6 is 0 Å². The van der Waals surface area contributed by atoms with E-state index in [9.17, 15) is 5.11 Å². The third-order valence-electron chi connectivity index (χ3n) is 4.15. The molecular formula is C20H21NO3. The van der Waals surface area contributed by atoms with Gasteiger partial charge in [-0.05, 0) is 35.6 Å². The second-order valence-electron chi connectivity index (χ2n) is 5.59. The van der Waals surface area contributed by atoms with Crippen LogP contribution in [0.4, 0.5) is 0 Å². The summed E-state index contributed by atoms with van der Waals surface area (Å²) in [5, 5.41) is 12.7. The number of pyridine rings is 1. The molecule has 1 unspecified atom stereocenters. The molecule has 0 aliphatic rings. The Labute approximate surface area is 141 Å². The fourth-order valence-electron chi connectivity index (χ4n) is 2.85. The monoisotopic (exact) mass is 323 g/mol. The van der Waals surface area contributed by atoms with E-state index in [2.05, 4.69) is 4.98 Å². The fourth-order valence-corrected chi connectivity index (χ4v) is 2.85. The van der Waals surface area contributed by atoms with Gasteiger partial charge in [0.25, 0.3) is 0 Å². The van der Waals surface area contributed by atoms with E-state index in [0.717, 1.165) is 28.5 Å². The van der Waals surface area contributed by atoms with E-state index in [1.807, 2.05) is 55.5 Å². The van der Waals surface area contributed by atoms with E-state index in [0.29, 0.717) is 17.2 Å². The molecular weight excluding hydrogens is 302 g/mol. The Morgan fingerprint density at radius 3 is 2.29 bits per heavy atom. The average molecular weight is 323 g/mol. The number of ether oxygens (including phenoxy) is 2. The number of aryl methyl sites for hydroxylation is 1. The third kappa shape index (κ3) is 2.93. The van der Waals surface area contributed by atoms with Crippen LogP contribution in [0.1, 0.15) is 30.0 Å². The summed E-state index contributed by atoms with van der Waals surface area (Å²) in [4.78, 5) is 4.68. The van der Waals surface area contributed by atoms with E-state index in [1.54, 1.807) is 14.2 Å². The maximum Gasteiger partial charge on any atom is 0.161 e. The number of benzene rings is 2. The number of aliphatic hydroxyl groups excluding tert-OH is 1. The molecule has 0 amide bonds. The summed E-state index contributed by atoms with van der Waals surface area (Å²) in [6.45, 7) is 2.05. The molecule has 124 valence electrons. The Bertz CT molecular complexity index is 846. The molecule has 0 aliphatic carbocycles. The maximum absolute atomic E-state index is 10.9. The van der Waals surface area contributed by atoms with Gasteiger partial charge >= 0.3 is 0 Å². The van der Waals surface area contributed by atoms with Crippen molar-refractivity contribution in [3.63, 3.8) is 0 Å². The Kier molecular flexibility index (Phi) is 4.67. The highest BCUT2D eigenvalue weighted by atomic mass is 16.5. The quantitative estimate of drug-likeness (QED) is 0.774. The number of hydrogen-bond donors (Lipinski definition) is 1. The molecule has 3 rings (SSSR count). The molecule has 3 aromatic rings. The van der Waals surface area contributed by atoms with Crippen molar-refractivity contribution in [2.24, 2.45) is 0 Å². The van der Waals surface area contributed by atoms with Gasteiger partial charge < -0.3 is 14.6 Å². The van der Waals surface area contributed by atoms with Crippen molar-refractivity contribution >= 4 is 10.8 Å². The third-order valence-corrected chi connectivity index (χ3v) is 4.15. The average Bonchev–Trinajstić information content (AvgIpc) is 2.65. The largest absolute Gasteiger partial charge is 0.493 e. The molecule has 1 heterocycles. The van der Waals surface area contributed by atoms with Gasteiger partial charge in [0.2, 0.25) is 0 Å². The van der Waals surface area contributed by atoms with E-state index >= 15 is 0 Å². The number of aromatic nitrogens is 1.